The third-order valence-electron chi connectivity index (χ3n) is 6.13. The molecule has 4 N–H and O–H groups in total. The summed E-state index contributed by atoms with van der Waals surface area (Å²) in [4.78, 5) is 0. The maximum atomic E-state index is 6.33. The number of benzene rings is 1. The highest BCUT2D eigenvalue weighted by Crippen LogP contribution is 2.49. The molecule has 2 rings (SSSR count). The Bertz CT molecular complexity index is 579. The minimum atomic E-state index is 0.170. The first kappa shape index (κ1) is 19.1. The van der Waals surface area contributed by atoms with E-state index in [2.05, 4.69) is 41.5 Å². The van der Waals surface area contributed by atoms with E-state index in [0.29, 0.717) is 11.3 Å². The maximum absolute atomic E-state index is 6.33. The van der Waals surface area contributed by atoms with E-state index in [1.807, 2.05) is 6.07 Å². The Morgan fingerprint density at radius 1 is 1.04 bits per heavy atom. The molecule has 0 saturated carbocycles. The van der Waals surface area contributed by atoms with E-state index in [1.165, 1.54) is 55.2 Å². The molecule has 0 radical (unpaired) electrons. The number of rotatable bonds is 6. The Morgan fingerprint density at radius 2 is 1.67 bits per heavy atom. The van der Waals surface area contributed by atoms with Gasteiger partial charge in [-0.3, -0.25) is 0 Å². The Labute approximate surface area is 149 Å². The van der Waals surface area contributed by atoms with Crippen LogP contribution in [0.25, 0.3) is 0 Å². The quantitative estimate of drug-likeness (QED) is 0.496. The first-order valence-electron chi connectivity index (χ1n) is 9.72. The van der Waals surface area contributed by atoms with Crippen LogP contribution in [-0.4, -0.2) is 0 Å². The van der Waals surface area contributed by atoms with E-state index >= 15 is 0 Å². The molecule has 0 saturated heterocycles. The number of unbranched alkanes of at least 4 members (excludes halogenated alkanes) is 3. The SMILES string of the molecule is Cc1c(N)cc(N)c2c1CC(CCCCCCC(C)(C)C)C2(C)C. The van der Waals surface area contributed by atoms with E-state index in [9.17, 15) is 0 Å². The summed E-state index contributed by atoms with van der Waals surface area (Å²) < 4.78 is 0. The molecule has 0 aliphatic heterocycles. The Morgan fingerprint density at radius 3 is 2.29 bits per heavy atom. The molecular formula is C22H38N2. The standard InChI is InChI=1S/C22H38N2/c1-15-17-13-16(11-9-7-8-10-12-21(2,3)4)22(5,6)20(17)19(24)14-18(15)23/h14,16H,7-13,23-24H2,1-6H3. The van der Waals surface area contributed by atoms with Gasteiger partial charge in [-0.25, -0.2) is 0 Å². The normalized spacial score (nSPS) is 19.5. The molecule has 1 unspecified atom stereocenters. The van der Waals surface area contributed by atoms with Gasteiger partial charge in [-0.2, -0.15) is 0 Å². The lowest BCUT2D eigenvalue weighted by atomic mass is 9.75. The number of hydrogen-bond acceptors (Lipinski definition) is 2. The molecule has 2 nitrogen and oxygen atoms in total. The summed E-state index contributed by atoms with van der Waals surface area (Å²) >= 11 is 0. The van der Waals surface area contributed by atoms with Crippen molar-refractivity contribution < 1.29 is 0 Å². The van der Waals surface area contributed by atoms with Crippen molar-refractivity contribution in [2.75, 3.05) is 11.5 Å². The number of nitrogen functional groups attached to an aromatic ring is 2. The van der Waals surface area contributed by atoms with Crippen molar-refractivity contribution in [2.45, 2.75) is 91.9 Å². The zero-order valence-corrected chi connectivity index (χ0v) is 16.8. The van der Waals surface area contributed by atoms with Gasteiger partial charge in [0.1, 0.15) is 0 Å². The van der Waals surface area contributed by atoms with Crippen LogP contribution in [0.2, 0.25) is 0 Å². The molecule has 0 spiro atoms. The molecule has 0 aromatic heterocycles. The van der Waals surface area contributed by atoms with Crippen LogP contribution in [0.5, 0.6) is 0 Å². The first-order chi connectivity index (χ1) is 11.0. The minimum absolute atomic E-state index is 0.170. The van der Waals surface area contributed by atoms with Crippen molar-refractivity contribution in [3.63, 3.8) is 0 Å². The summed E-state index contributed by atoms with van der Waals surface area (Å²) in [6.07, 6.45) is 9.20. The fraction of sp³-hybridized carbons (Fsp3) is 0.727. The molecule has 1 aliphatic rings. The topological polar surface area (TPSA) is 52.0 Å². The lowest BCUT2D eigenvalue weighted by Crippen LogP contribution is -2.25. The molecule has 24 heavy (non-hydrogen) atoms. The van der Waals surface area contributed by atoms with Gasteiger partial charge in [-0.15, -0.1) is 0 Å². The molecule has 0 amide bonds. The summed E-state index contributed by atoms with van der Waals surface area (Å²) in [6, 6.07) is 1.96. The molecule has 136 valence electrons. The molecule has 1 aromatic carbocycles. The number of anilines is 2. The second-order valence-corrected chi connectivity index (χ2v) is 9.67. The molecule has 1 atom stereocenters. The third kappa shape index (κ3) is 4.07. The van der Waals surface area contributed by atoms with Gasteiger partial charge in [0, 0.05) is 11.4 Å². The fourth-order valence-electron chi connectivity index (χ4n) is 4.47. The van der Waals surface area contributed by atoms with Crippen molar-refractivity contribution in [1.82, 2.24) is 0 Å². The van der Waals surface area contributed by atoms with Crippen LogP contribution in [0.15, 0.2) is 6.07 Å². The summed E-state index contributed by atoms with van der Waals surface area (Å²) in [5.41, 5.74) is 18.9. The lowest BCUT2D eigenvalue weighted by Gasteiger charge is -2.29. The summed E-state index contributed by atoms with van der Waals surface area (Å²) in [5, 5.41) is 0. The highest BCUT2D eigenvalue weighted by Gasteiger charge is 2.41. The second-order valence-electron chi connectivity index (χ2n) is 9.67. The highest BCUT2D eigenvalue weighted by atomic mass is 14.6. The minimum Gasteiger partial charge on any atom is -0.398 e. The maximum Gasteiger partial charge on any atom is 0.0375 e. The highest BCUT2D eigenvalue weighted by molar-refractivity contribution is 5.68. The third-order valence-corrected chi connectivity index (χ3v) is 6.13. The van der Waals surface area contributed by atoms with Crippen LogP contribution >= 0.6 is 0 Å². The fourth-order valence-corrected chi connectivity index (χ4v) is 4.47. The molecule has 2 heteroatoms. The predicted molar refractivity (Wildman–Crippen MR) is 107 cm³/mol. The van der Waals surface area contributed by atoms with Gasteiger partial charge in [0.2, 0.25) is 0 Å². The smallest absolute Gasteiger partial charge is 0.0375 e. The Balaban J connectivity index is 1.92. The second kappa shape index (κ2) is 6.98. The lowest BCUT2D eigenvalue weighted by molar-refractivity contribution is 0.313. The van der Waals surface area contributed by atoms with Crippen LogP contribution in [-0.2, 0) is 11.8 Å². The van der Waals surface area contributed by atoms with Crippen molar-refractivity contribution in [2.24, 2.45) is 11.3 Å². The summed E-state index contributed by atoms with van der Waals surface area (Å²) in [6.45, 7) is 13.9. The van der Waals surface area contributed by atoms with Crippen LogP contribution in [0.3, 0.4) is 0 Å². The molecule has 0 fully saturated rings. The largest absolute Gasteiger partial charge is 0.398 e. The number of fused-ring (bicyclic) bond motifs is 1. The molecule has 1 aliphatic carbocycles. The molecular weight excluding hydrogens is 292 g/mol. The van der Waals surface area contributed by atoms with Gasteiger partial charge in [0.15, 0.2) is 0 Å². The Hall–Kier alpha value is -1.18. The van der Waals surface area contributed by atoms with Gasteiger partial charge < -0.3 is 11.5 Å². The van der Waals surface area contributed by atoms with E-state index in [1.54, 1.807) is 0 Å². The summed E-state index contributed by atoms with van der Waals surface area (Å²) in [5.74, 6) is 0.693. The van der Waals surface area contributed by atoms with Crippen molar-refractivity contribution in [1.29, 1.82) is 0 Å². The van der Waals surface area contributed by atoms with Crippen molar-refractivity contribution >= 4 is 11.4 Å². The zero-order valence-electron chi connectivity index (χ0n) is 16.8. The Kier molecular flexibility index (Phi) is 5.57. The molecule has 1 aromatic rings. The van der Waals surface area contributed by atoms with Crippen molar-refractivity contribution in [3.05, 3.63) is 22.8 Å². The number of nitrogens with two attached hydrogens (primary N) is 2. The van der Waals surface area contributed by atoms with Gasteiger partial charge in [-0.05, 0) is 65.7 Å². The van der Waals surface area contributed by atoms with Gasteiger partial charge in [-0.1, -0.05) is 60.3 Å². The van der Waals surface area contributed by atoms with E-state index in [0.717, 1.165) is 17.8 Å². The van der Waals surface area contributed by atoms with Gasteiger partial charge >= 0.3 is 0 Å². The average Bonchev–Trinajstić information content (AvgIpc) is 2.71. The average molecular weight is 331 g/mol. The summed E-state index contributed by atoms with van der Waals surface area (Å²) in [7, 11) is 0. The van der Waals surface area contributed by atoms with Crippen molar-refractivity contribution in [3.8, 4) is 0 Å². The number of hydrogen-bond donors (Lipinski definition) is 2. The van der Waals surface area contributed by atoms with E-state index in [4.69, 9.17) is 11.5 Å². The van der Waals surface area contributed by atoms with E-state index < -0.39 is 0 Å². The molecule has 0 heterocycles. The first-order valence-corrected chi connectivity index (χ1v) is 9.72. The van der Waals surface area contributed by atoms with Gasteiger partial charge in [0.05, 0.1) is 0 Å². The zero-order chi connectivity index (χ0) is 18.1. The van der Waals surface area contributed by atoms with E-state index in [-0.39, 0.29) is 5.41 Å². The monoisotopic (exact) mass is 330 g/mol. The van der Waals surface area contributed by atoms with Crippen LogP contribution in [0.1, 0.15) is 89.8 Å². The van der Waals surface area contributed by atoms with Crippen LogP contribution < -0.4 is 11.5 Å². The van der Waals surface area contributed by atoms with Crippen LogP contribution in [0.4, 0.5) is 11.4 Å². The van der Waals surface area contributed by atoms with Crippen LogP contribution in [0, 0.1) is 18.3 Å². The van der Waals surface area contributed by atoms with Gasteiger partial charge in [0.25, 0.3) is 0 Å². The molecule has 0 bridgehead atoms. The predicted octanol–water partition coefficient (Wildman–Crippen LogP) is 6.00.